The van der Waals surface area contributed by atoms with Gasteiger partial charge in [-0.1, -0.05) is 26.8 Å². The van der Waals surface area contributed by atoms with Gasteiger partial charge in [-0.15, -0.1) is 0 Å². The Bertz CT molecular complexity index is 1050. The summed E-state index contributed by atoms with van der Waals surface area (Å²) in [5.74, 6) is -1.05. The van der Waals surface area contributed by atoms with Crippen molar-refractivity contribution < 1.29 is 27.1 Å². The Hall–Kier alpha value is -2.41. The van der Waals surface area contributed by atoms with E-state index in [-0.39, 0.29) is 5.69 Å². The van der Waals surface area contributed by atoms with Crippen molar-refractivity contribution in [3.8, 4) is 0 Å². The van der Waals surface area contributed by atoms with Gasteiger partial charge in [-0.2, -0.15) is 13.2 Å². The zero-order valence-corrected chi connectivity index (χ0v) is 17.0. The van der Waals surface area contributed by atoms with E-state index in [1.54, 1.807) is 19.9 Å². The van der Waals surface area contributed by atoms with Gasteiger partial charge in [-0.05, 0) is 71.2 Å². The highest BCUT2D eigenvalue weighted by molar-refractivity contribution is 5.80. The highest BCUT2D eigenvalue weighted by Crippen LogP contribution is 2.44. The Morgan fingerprint density at radius 2 is 1.57 bits per heavy atom. The lowest BCUT2D eigenvalue weighted by Gasteiger charge is -2.38. The Balaban J connectivity index is 1.99. The molecule has 7 heteroatoms. The lowest BCUT2D eigenvalue weighted by atomic mass is 9.72. The molecule has 3 rings (SSSR count). The molecule has 1 atom stereocenters. The molecule has 0 radical (unpaired) electrons. The standard InChI is InChI=1S/C23H24F5NO/c1-4-14-5-7-16(24)10-19(14)21(2,3)13-22(30,23(26,27)28)12-18-9-15-6-8-17(25)11-20(15)29-18/h5-11,29-30H,4,12-13H2,1-3H3. The van der Waals surface area contributed by atoms with E-state index in [2.05, 4.69) is 4.98 Å². The van der Waals surface area contributed by atoms with Crippen molar-refractivity contribution in [2.24, 2.45) is 0 Å². The van der Waals surface area contributed by atoms with E-state index in [0.29, 0.717) is 22.9 Å². The number of benzene rings is 2. The Labute approximate surface area is 171 Å². The molecular weight excluding hydrogens is 401 g/mol. The first kappa shape index (κ1) is 22.3. The molecule has 0 saturated carbocycles. The molecule has 0 amide bonds. The summed E-state index contributed by atoms with van der Waals surface area (Å²) in [7, 11) is 0. The van der Waals surface area contributed by atoms with Crippen molar-refractivity contribution in [1.82, 2.24) is 4.98 Å². The van der Waals surface area contributed by atoms with Crippen molar-refractivity contribution in [3.63, 3.8) is 0 Å². The van der Waals surface area contributed by atoms with Crippen LogP contribution >= 0.6 is 0 Å². The molecule has 3 aromatic rings. The second-order valence-electron chi connectivity index (χ2n) is 8.45. The van der Waals surface area contributed by atoms with Crippen LogP contribution in [0.25, 0.3) is 10.9 Å². The SMILES string of the molecule is CCc1ccc(F)cc1C(C)(C)CC(O)(Cc1cc2ccc(F)cc2[nH]1)C(F)(F)F. The van der Waals surface area contributed by atoms with Crippen molar-refractivity contribution in [2.45, 2.75) is 57.2 Å². The van der Waals surface area contributed by atoms with E-state index >= 15 is 0 Å². The van der Waals surface area contributed by atoms with Crippen LogP contribution in [0.4, 0.5) is 22.0 Å². The van der Waals surface area contributed by atoms with Crippen LogP contribution < -0.4 is 0 Å². The quantitative estimate of drug-likeness (QED) is 0.453. The minimum atomic E-state index is -4.92. The molecule has 0 saturated heterocycles. The molecule has 1 heterocycles. The lowest BCUT2D eigenvalue weighted by Crippen LogP contribution is -2.51. The van der Waals surface area contributed by atoms with Gasteiger partial charge < -0.3 is 10.1 Å². The summed E-state index contributed by atoms with van der Waals surface area (Å²) in [6.07, 6.45) is -5.79. The summed E-state index contributed by atoms with van der Waals surface area (Å²) in [5.41, 5.74) is -2.56. The topological polar surface area (TPSA) is 36.0 Å². The fraction of sp³-hybridized carbons (Fsp3) is 0.391. The van der Waals surface area contributed by atoms with E-state index in [1.165, 1.54) is 36.4 Å². The van der Waals surface area contributed by atoms with E-state index in [9.17, 15) is 27.1 Å². The first-order valence-electron chi connectivity index (χ1n) is 9.70. The molecule has 0 aliphatic carbocycles. The summed E-state index contributed by atoms with van der Waals surface area (Å²) in [6.45, 7) is 4.98. The molecule has 0 fully saturated rings. The lowest BCUT2D eigenvalue weighted by molar-refractivity contribution is -0.266. The van der Waals surface area contributed by atoms with Crippen LogP contribution in [0.2, 0.25) is 0 Å². The van der Waals surface area contributed by atoms with Crippen LogP contribution in [0.3, 0.4) is 0 Å². The first-order chi connectivity index (χ1) is 13.8. The number of rotatable bonds is 6. The number of aromatic amines is 1. The van der Waals surface area contributed by atoms with Crippen molar-refractivity contribution in [2.75, 3.05) is 0 Å². The highest BCUT2D eigenvalue weighted by atomic mass is 19.4. The average Bonchev–Trinajstić information content (AvgIpc) is 3.01. The third kappa shape index (κ3) is 4.36. The third-order valence-electron chi connectivity index (χ3n) is 5.57. The maximum absolute atomic E-state index is 14.0. The summed E-state index contributed by atoms with van der Waals surface area (Å²) in [6, 6.07) is 9.41. The molecule has 0 aliphatic rings. The second kappa shape index (κ2) is 7.69. The van der Waals surface area contributed by atoms with Crippen LogP contribution in [-0.2, 0) is 18.3 Å². The molecule has 30 heavy (non-hydrogen) atoms. The van der Waals surface area contributed by atoms with Gasteiger partial charge in [-0.3, -0.25) is 0 Å². The second-order valence-corrected chi connectivity index (χ2v) is 8.45. The molecule has 0 bridgehead atoms. The largest absolute Gasteiger partial charge is 0.417 e. The molecule has 0 spiro atoms. The molecule has 2 N–H and O–H groups in total. The normalized spacial score (nSPS) is 14.8. The fourth-order valence-electron chi connectivity index (χ4n) is 4.15. The zero-order valence-electron chi connectivity index (χ0n) is 17.0. The number of aryl methyl sites for hydroxylation is 1. The number of aromatic nitrogens is 1. The number of hydrogen-bond donors (Lipinski definition) is 2. The minimum Gasteiger partial charge on any atom is -0.380 e. The van der Waals surface area contributed by atoms with Gasteiger partial charge in [0.15, 0.2) is 5.60 Å². The van der Waals surface area contributed by atoms with E-state index < -0.39 is 41.7 Å². The number of nitrogens with one attached hydrogen (secondary N) is 1. The van der Waals surface area contributed by atoms with Gasteiger partial charge in [0.25, 0.3) is 0 Å². The number of aliphatic hydroxyl groups is 1. The number of alkyl halides is 3. The van der Waals surface area contributed by atoms with Gasteiger partial charge in [0, 0.05) is 17.6 Å². The van der Waals surface area contributed by atoms with E-state index in [1.807, 2.05) is 6.92 Å². The average molecular weight is 425 g/mol. The van der Waals surface area contributed by atoms with Gasteiger partial charge in [0.2, 0.25) is 0 Å². The summed E-state index contributed by atoms with van der Waals surface area (Å²) in [5, 5.41) is 11.3. The van der Waals surface area contributed by atoms with Crippen LogP contribution in [0, 0.1) is 11.6 Å². The van der Waals surface area contributed by atoms with Crippen LogP contribution in [-0.4, -0.2) is 21.9 Å². The maximum atomic E-state index is 14.0. The van der Waals surface area contributed by atoms with Gasteiger partial charge in [0.1, 0.15) is 11.6 Å². The van der Waals surface area contributed by atoms with Crippen LogP contribution in [0.5, 0.6) is 0 Å². The molecule has 2 aromatic carbocycles. The monoisotopic (exact) mass is 425 g/mol. The third-order valence-corrected chi connectivity index (χ3v) is 5.57. The van der Waals surface area contributed by atoms with Crippen LogP contribution in [0.15, 0.2) is 42.5 Å². The smallest absolute Gasteiger partial charge is 0.380 e. The maximum Gasteiger partial charge on any atom is 0.417 e. The predicted molar refractivity (Wildman–Crippen MR) is 106 cm³/mol. The highest BCUT2D eigenvalue weighted by Gasteiger charge is 2.56. The van der Waals surface area contributed by atoms with E-state index in [0.717, 1.165) is 5.56 Å². The molecule has 1 aromatic heterocycles. The number of fused-ring (bicyclic) bond motifs is 1. The summed E-state index contributed by atoms with van der Waals surface area (Å²) in [4.78, 5) is 2.76. The number of H-pyrrole nitrogens is 1. The summed E-state index contributed by atoms with van der Waals surface area (Å²) >= 11 is 0. The molecule has 1 unspecified atom stereocenters. The molecule has 0 aliphatic heterocycles. The Kier molecular flexibility index (Phi) is 5.71. The van der Waals surface area contributed by atoms with Gasteiger partial charge >= 0.3 is 6.18 Å². The summed E-state index contributed by atoms with van der Waals surface area (Å²) < 4.78 is 69.3. The predicted octanol–water partition coefficient (Wildman–Crippen LogP) is 6.21. The van der Waals surface area contributed by atoms with Gasteiger partial charge in [-0.25, -0.2) is 8.78 Å². The molecular formula is C23H24F5NO. The van der Waals surface area contributed by atoms with E-state index in [4.69, 9.17) is 0 Å². The van der Waals surface area contributed by atoms with Crippen molar-refractivity contribution in [1.29, 1.82) is 0 Å². The Morgan fingerprint density at radius 3 is 2.20 bits per heavy atom. The van der Waals surface area contributed by atoms with Crippen LogP contribution in [0.1, 0.15) is 44.0 Å². The van der Waals surface area contributed by atoms with Gasteiger partial charge in [0.05, 0.1) is 0 Å². The molecule has 162 valence electrons. The van der Waals surface area contributed by atoms with Crippen molar-refractivity contribution >= 4 is 10.9 Å². The van der Waals surface area contributed by atoms with Crippen molar-refractivity contribution in [3.05, 3.63) is 70.9 Å². The zero-order chi connectivity index (χ0) is 22.3. The first-order valence-corrected chi connectivity index (χ1v) is 9.70. The minimum absolute atomic E-state index is 0.140. The Morgan fingerprint density at radius 1 is 0.933 bits per heavy atom. The number of halogens is 5. The molecule has 2 nitrogen and oxygen atoms in total. The number of hydrogen-bond acceptors (Lipinski definition) is 1. The fourth-order valence-corrected chi connectivity index (χ4v) is 4.15.